The fourth-order valence-corrected chi connectivity index (χ4v) is 3.88. The molecule has 0 spiro atoms. The van der Waals surface area contributed by atoms with Crippen LogP contribution < -0.4 is 10.6 Å². The van der Waals surface area contributed by atoms with Gasteiger partial charge in [-0.2, -0.15) is 0 Å². The third kappa shape index (κ3) is 7.50. The van der Waals surface area contributed by atoms with Gasteiger partial charge in [-0.1, -0.05) is 27.7 Å². The van der Waals surface area contributed by atoms with Gasteiger partial charge in [0.25, 0.3) is 0 Å². The van der Waals surface area contributed by atoms with E-state index < -0.39 is 17.7 Å². The zero-order valence-corrected chi connectivity index (χ0v) is 16.7. The van der Waals surface area contributed by atoms with Crippen LogP contribution >= 0.6 is 0 Å². The minimum Gasteiger partial charge on any atom is -0.453 e. The van der Waals surface area contributed by atoms with Crippen molar-refractivity contribution in [3.63, 3.8) is 0 Å². The number of ether oxygens (including phenoxy) is 3. The number of hydrogen-bond acceptors (Lipinski definition) is 5. The topological polar surface area (TPSA) is 85.9 Å². The van der Waals surface area contributed by atoms with Gasteiger partial charge >= 0.3 is 12.2 Å². The highest BCUT2D eigenvalue weighted by atomic mass is 16.6. The molecule has 0 bridgehead atoms. The fraction of sp³-hybridized carbons (Fsp3) is 0.889. The number of methoxy groups -OCH3 is 2. The van der Waals surface area contributed by atoms with Crippen molar-refractivity contribution >= 4 is 12.2 Å². The average Bonchev–Trinajstić information content (AvgIpc) is 2.42. The molecular weight excluding hydrogens is 324 g/mol. The molecule has 1 rings (SSSR count). The van der Waals surface area contributed by atoms with E-state index in [4.69, 9.17) is 14.2 Å². The lowest BCUT2D eigenvalue weighted by Gasteiger charge is -2.46. The zero-order chi connectivity index (χ0) is 19.3. The van der Waals surface area contributed by atoms with Gasteiger partial charge in [0.2, 0.25) is 0 Å². The SMILES string of the molecule is COCC(C)(C)COC(=O)NC1CC(C)(C)CC(C)(NC(=O)OC)C1. The van der Waals surface area contributed by atoms with Crippen LogP contribution in [0.5, 0.6) is 0 Å². The van der Waals surface area contributed by atoms with Crippen molar-refractivity contribution in [2.45, 2.75) is 65.5 Å². The van der Waals surface area contributed by atoms with E-state index in [0.29, 0.717) is 13.0 Å². The molecule has 0 aromatic heterocycles. The molecule has 0 aromatic rings. The maximum absolute atomic E-state index is 12.2. The van der Waals surface area contributed by atoms with E-state index >= 15 is 0 Å². The molecule has 146 valence electrons. The monoisotopic (exact) mass is 358 g/mol. The van der Waals surface area contributed by atoms with E-state index in [9.17, 15) is 9.59 Å². The third-order valence-corrected chi connectivity index (χ3v) is 4.40. The van der Waals surface area contributed by atoms with Crippen LogP contribution in [0.15, 0.2) is 0 Å². The molecule has 2 N–H and O–H groups in total. The molecule has 1 saturated carbocycles. The van der Waals surface area contributed by atoms with Gasteiger partial charge in [0.15, 0.2) is 0 Å². The maximum atomic E-state index is 12.2. The van der Waals surface area contributed by atoms with Crippen LogP contribution in [0.1, 0.15) is 53.9 Å². The summed E-state index contributed by atoms with van der Waals surface area (Å²) in [5, 5.41) is 5.85. The smallest absolute Gasteiger partial charge is 0.407 e. The number of rotatable bonds is 6. The maximum Gasteiger partial charge on any atom is 0.407 e. The van der Waals surface area contributed by atoms with Crippen LogP contribution in [0.4, 0.5) is 9.59 Å². The van der Waals surface area contributed by atoms with Crippen molar-refractivity contribution in [1.29, 1.82) is 0 Å². The molecule has 1 aliphatic carbocycles. The summed E-state index contributed by atoms with van der Waals surface area (Å²) < 4.78 is 15.2. The Balaban J connectivity index is 2.64. The van der Waals surface area contributed by atoms with E-state index in [1.54, 1.807) is 7.11 Å². The van der Waals surface area contributed by atoms with Crippen molar-refractivity contribution in [1.82, 2.24) is 10.6 Å². The summed E-state index contributed by atoms with van der Waals surface area (Å²) in [6, 6.07) is -0.0797. The first-order valence-electron chi connectivity index (χ1n) is 8.69. The largest absolute Gasteiger partial charge is 0.453 e. The highest BCUT2D eigenvalue weighted by Gasteiger charge is 2.43. The van der Waals surface area contributed by atoms with Crippen molar-refractivity contribution in [3.05, 3.63) is 0 Å². The third-order valence-electron chi connectivity index (χ3n) is 4.40. The number of hydrogen-bond donors (Lipinski definition) is 2. The highest BCUT2D eigenvalue weighted by Crippen LogP contribution is 2.41. The van der Waals surface area contributed by atoms with Gasteiger partial charge in [-0.05, 0) is 31.6 Å². The molecule has 7 nitrogen and oxygen atoms in total. The van der Waals surface area contributed by atoms with Crippen molar-refractivity contribution < 1.29 is 23.8 Å². The molecule has 1 fully saturated rings. The number of alkyl carbamates (subject to hydrolysis) is 2. The molecule has 2 unspecified atom stereocenters. The molecule has 0 radical (unpaired) electrons. The van der Waals surface area contributed by atoms with Crippen LogP contribution in [0.2, 0.25) is 0 Å². The van der Waals surface area contributed by atoms with E-state index in [1.807, 2.05) is 20.8 Å². The Hall–Kier alpha value is -1.50. The normalized spacial score (nSPS) is 25.8. The Labute approximate surface area is 151 Å². The zero-order valence-electron chi connectivity index (χ0n) is 16.7. The lowest BCUT2D eigenvalue weighted by atomic mass is 9.67. The first-order chi connectivity index (χ1) is 11.4. The number of nitrogens with one attached hydrogen (secondary N) is 2. The summed E-state index contributed by atoms with van der Waals surface area (Å²) in [6.07, 6.45) is 1.36. The van der Waals surface area contributed by atoms with Gasteiger partial charge in [-0.15, -0.1) is 0 Å². The predicted octanol–water partition coefficient (Wildman–Crippen LogP) is 3.08. The molecule has 1 aliphatic rings. The van der Waals surface area contributed by atoms with E-state index in [2.05, 4.69) is 24.5 Å². The van der Waals surface area contributed by atoms with Crippen LogP contribution in [-0.2, 0) is 14.2 Å². The summed E-state index contributed by atoms with van der Waals surface area (Å²) in [6.45, 7) is 11.0. The molecule has 2 amide bonds. The standard InChI is InChI=1S/C18H34N2O5/c1-16(2)8-13(9-18(5,10-16)20-15(22)24-7)19-14(21)25-12-17(3,4)11-23-6/h13H,8-12H2,1-7H3,(H,19,21)(H,20,22). The Kier molecular flexibility index (Phi) is 7.11. The van der Waals surface area contributed by atoms with E-state index in [0.717, 1.165) is 12.8 Å². The molecule has 0 saturated heterocycles. The Morgan fingerprint density at radius 3 is 2.28 bits per heavy atom. The molecule has 25 heavy (non-hydrogen) atoms. The average molecular weight is 358 g/mol. The minimum atomic E-state index is -0.456. The second kappa shape index (κ2) is 8.25. The lowest BCUT2D eigenvalue weighted by Crippen LogP contribution is -2.57. The predicted molar refractivity (Wildman–Crippen MR) is 95.5 cm³/mol. The van der Waals surface area contributed by atoms with Crippen molar-refractivity contribution in [3.8, 4) is 0 Å². The fourth-order valence-electron chi connectivity index (χ4n) is 3.88. The Morgan fingerprint density at radius 2 is 1.72 bits per heavy atom. The second-order valence-electron chi connectivity index (χ2n) is 8.94. The molecule has 2 atom stereocenters. The van der Waals surface area contributed by atoms with E-state index in [-0.39, 0.29) is 23.5 Å². The van der Waals surface area contributed by atoms with Crippen LogP contribution in [0, 0.1) is 10.8 Å². The summed E-state index contributed by atoms with van der Waals surface area (Å²) >= 11 is 0. The van der Waals surface area contributed by atoms with E-state index in [1.165, 1.54) is 7.11 Å². The molecule has 0 aliphatic heterocycles. The molecule has 0 aromatic carbocycles. The highest BCUT2D eigenvalue weighted by molar-refractivity contribution is 5.69. The first-order valence-corrected chi connectivity index (χ1v) is 8.69. The molecular formula is C18H34N2O5. The quantitative estimate of drug-likeness (QED) is 0.762. The molecule has 0 heterocycles. The first kappa shape index (κ1) is 21.5. The van der Waals surface area contributed by atoms with Gasteiger partial charge in [0, 0.05) is 24.1 Å². The van der Waals surface area contributed by atoms with Gasteiger partial charge in [-0.3, -0.25) is 0 Å². The van der Waals surface area contributed by atoms with Gasteiger partial charge in [0.05, 0.1) is 13.7 Å². The van der Waals surface area contributed by atoms with Crippen LogP contribution in [0.25, 0.3) is 0 Å². The van der Waals surface area contributed by atoms with Crippen molar-refractivity contribution in [2.75, 3.05) is 27.4 Å². The van der Waals surface area contributed by atoms with Gasteiger partial charge < -0.3 is 24.8 Å². The second-order valence-corrected chi connectivity index (χ2v) is 8.94. The van der Waals surface area contributed by atoms with Crippen LogP contribution in [-0.4, -0.2) is 51.2 Å². The minimum absolute atomic E-state index is 0.0265. The van der Waals surface area contributed by atoms with Gasteiger partial charge in [-0.25, -0.2) is 9.59 Å². The van der Waals surface area contributed by atoms with Gasteiger partial charge in [0.1, 0.15) is 6.61 Å². The summed E-state index contributed by atoms with van der Waals surface area (Å²) in [5.74, 6) is 0. The summed E-state index contributed by atoms with van der Waals surface area (Å²) in [7, 11) is 2.97. The Bertz CT molecular complexity index is 478. The number of carbonyl (C=O) groups excluding carboxylic acids is 2. The molecule has 7 heteroatoms. The number of amides is 2. The Morgan fingerprint density at radius 1 is 1.08 bits per heavy atom. The van der Waals surface area contributed by atoms with Crippen molar-refractivity contribution in [2.24, 2.45) is 10.8 Å². The summed E-state index contributed by atoms with van der Waals surface area (Å²) in [4.78, 5) is 23.8. The lowest BCUT2D eigenvalue weighted by molar-refractivity contribution is 0.0356. The number of carbonyl (C=O) groups is 2. The summed E-state index contributed by atoms with van der Waals surface area (Å²) in [5.41, 5.74) is -0.706. The van der Waals surface area contributed by atoms with Crippen LogP contribution in [0.3, 0.4) is 0 Å².